The number of hydrogen-bond donors (Lipinski definition) is 1. The fourth-order valence-electron chi connectivity index (χ4n) is 2.17. The third-order valence-electron chi connectivity index (χ3n) is 3.53. The maximum absolute atomic E-state index is 13.8. The molecular weight excluding hydrogens is 359 g/mol. The first-order valence-corrected chi connectivity index (χ1v) is 7.10. The van der Waals surface area contributed by atoms with Crippen LogP contribution in [-0.4, -0.2) is 29.0 Å². The second-order valence-electron chi connectivity index (χ2n) is 5.36. The number of ketones is 1. The molecule has 0 radical (unpaired) electrons. The zero-order valence-corrected chi connectivity index (χ0v) is 13.0. The Morgan fingerprint density at radius 1 is 1.15 bits per heavy atom. The molecule has 0 aliphatic heterocycles. The topological polar surface area (TPSA) is 54.4 Å². The fourth-order valence-corrected chi connectivity index (χ4v) is 2.17. The molecule has 0 saturated carbocycles. The van der Waals surface area contributed by atoms with E-state index in [2.05, 4.69) is 6.58 Å². The Balaban J connectivity index is 2.30. The van der Waals surface area contributed by atoms with Gasteiger partial charge in [0.1, 0.15) is 0 Å². The molecule has 8 heteroatoms. The van der Waals surface area contributed by atoms with Gasteiger partial charge in [-0.2, -0.15) is 8.78 Å². The number of carboxylic acids is 1. The van der Waals surface area contributed by atoms with Crippen molar-refractivity contribution in [1.82, 2.24) is 0 Å². The molecule has 0 amide bonds. The normalized spacial score (nSPS) is 19.4. The Kier molecular flexibility index (Phi) is 5.25. The van der Waals surface area contributed by atoms with Crippen LogP contribution < -0.4 is 0 Å². The van der Waals surface area contributed by atoms with Gasteiger partial charge < -0.3 is 5.11 Å². The quantitative estimate of drug-likeness (QED) is 0.469. The molecular formula is C18H11F5O3. The third kappa shape index (κ3) is 3.79. The Labute approximate surface area is 144 Å². The van der Waals surface area contributed by atoms with Gasteiger partial charge in [0.25, 0.3) is 0 Å². The van der Waals surface area contributed by atoms with Gasteiger partial charge in [-0.1, -0.05) is 30.8 Å². The van der Waals surface area contributed by atoms with Gasteiger partial charge in [0, 0.05) is 22.8 Å². The van der Waals surface area contributed by atoms with E-state index in [0.717, 1.165) is 6.08 Å². The van der Waals surface area contributed by atoms with Crippen molar-refractivity contribution in [2.75, 3.05) is 0 Å². The molecule has 1 unspecified atom stereocenters. The molecule has 1 aromatic carbocycles. The number of rotatable bonds is 5. The lowest BCUT2D eigenvalue weighted by Crippen LogP contribution is -2.32. The van der Waals surface area contributed by atoms with E-state index in [1.54, 1.807) is 0 Å². The summed E-state index contributed by atoms with van der Waals surface area (Å²) >= 11 is 0. The molecule has 1 N–H and O–H groups in total. The van der Waals surface area contributed by atoms with Crippen LogP contribution >= 0.6 is 0 Å². The van der Waals surface area contributed by atoms with Crippen LogP contribution in [0.5, 0.6) is 0 Å². The van der Waals surface area contributed by atoms with Gasteiger partial charge >= 0.3 is 11.9 Å². The summed E-state index contributed by atoms with van der Waals surface area (Å²) in [6.07, 6.45) is -1.52. The number of alkyl halides is 3. The molecule has 1 aliphatic rings. The summed E-state index contributed by atoms with van der Waals surface area (Å²) in [5, 5.41) is 8.52. The van der Waals surface area contributed by atoms with Crippen molar-refractivity contribution in [2.24, 2.45) is 0 Å². The number of halogens is 5. The minimum Gasteiger partial charge on any atom is -0.478 e. The summed E-state index contributed by atoms with van der Waals surface area (Å²) in [5.41, 5.74) is -1.53. The number of carbonyl (C=O) groups is 2. The van der Waals surface area contributed by atoms with E-state index < -0.39 is 46.6 Å². The monoisotopic (exact) mass is 370 g/mol. The van der Waals surface area contributed by atoms with Crippen LogP contribution in [0.1, 0.15) is 15.9 Å². The zero-order valence-electron chi connectivity index (χ0n) is 13.0. The third-order valence-corrected chi connectivity index (χ3v) is 3.53. The van der Waals surface area contributed by atoms with E-state index in [1.807, 2.05) is 0 Å². The molecule has 0 saturated heterocycles. The van der Waals surface area contributed by atoms with Crippen LogP contribution in [-0.2, 0) is 4.79 Å². The standard InChI is InChI=1S/C18H11F5O3/c1-9(12-8-18(22,23)17(21)15(20)14(12)19)16(26)11-5-2-10(3-6-11)4-7-13(24)25/h2-8,17H,1H2,(H,24,25). The molecule has 0 bridgehead atoms. The van der Waals surface area contributed by atoms with Gasteiger partial charge in [-0.25, -0.2) is 18.0 Å². The fraction of sp³-hybridized carbons (Fsp3) is 0.111. The van der Waals surface area contributed by atoms with Gasteiger partial charge in [-0.3, -0.25) is 4.79 Å². The molecule has 0 fully saturated rings. The number of Topliss-reactive ketones (excluding diaryl/α,β-unsaturated/α-hetero) is 1. The van der Waals surface area contributed by atoms with Crippen molar-refractivity contribution in [3.8, 4) is 0 Å². The van der Waals surface area contributed by atoms with E-state index in [9.17, 15) is 31.5 Å². The highest BCUT2D eigenvalue weighted by Gasteiger charge is 2.47. The van der Waals surface area contributed by atoms with Crippen LogP contribution in [0.15, 0.2) is 65.8 Å². The summed E-state index contributed by atoms with van der Waals surface area (Å²) < 4.78 is 67.0. The van der Waals surface area contributed by atoms with Crippen molar-refractivity contribution < 1.29 is 36.6 Å². The van der Waals surface area contributed by atoms with Gasteiger partial charge in [0.15, 0.2) is 17.4 Å². The molecule has 1 aromatic rings. The lowest BCUT2D eigenvalue weighted by Gasteiger charge is -2.23. The highest BCUT2D eigenvalue weighted by Crippen LogP contribution is 2.41. The van der Waals surface area contributed by atoms with Crippen LogP contribution in [0.4, 0.5) is 22.0 Å². The number of benzene rings is 1. The van der Waals surface area contributed by atoms with Gasteiger partial charge in [-0.05, 0) is 17.7 Å². The summed E-state index contributed by atoms with van der Waals surface area (Å²) in [4.78, 5) is 22.7. The van der Waals surface area contributed by atoms with Crippen molar-refractivity contribution in [3.05, 3.63) is 76.9 Å². The molecule has 0 aromatic heterocycles. The molecule has 0 spiro atoms. The zero-order chi connectivity index (χ0) is 19.6. The van der Waals surface area contributed by atoms with Crippen molar-refractivity contribution in [1.29, 1.82) is 0 Å². The number of carbonyl (C=O) groups excluding carboxylic acids is 1. The second kappa shape index (κ2) is 7.07. The van der Waals surface area contributed by atoms with Crippen LogP contribution in [0.25, 0.3) is 6.08 Å². The highest BCUT2D eigenvalue weighted by molar-refractivity contribution is 6.12. The van der Waals surface area contributed by atoms with Gasteiger partial charge in [0.05, 0.1) is 0 Å². The Hall–Kier alpha value is -3.03. The van der Waals surface area contributed by atoms with Crippen LogP contribution in [0.2, 0.25) is 0 Å². The minimum absolute atomic E-state index is 0.0812. The van der Waals surface area contributed by atoms with Crippen molar-refractivity contribution >= 4 is 17.8 Å². The SMILES string of the molecule is C=C(C(=O)c1ccc(C=CC(=O)O)cc1)C1=CC(F)(F)C(F)C(F)=C1F. The Bertz CT molecular complexity index is 863. The lowest BCUT2D eigenvalue weighted by atomic mass is 9.91. The number of carboxylic acid groups (broad SMARTS) is 1. The summed E-state index contributed by atoms with van der Waals surface area (Å²) in [6, 6.07) is 5.17. The first-order valence-electron chi connectivity index (χ1n) is 7.10. The first-order chi connectivity index (χ1) is 12.0. The van der Waals surface area contributed by atoms with E-state index in [1.165, 1.54) is 30.3 Å². The number of aliphatic carboxylic acids is 1. The van der Waals surface area contributed by atoms with Gasteiger partial charge in [-0.15, -0.1) is 0 Å². The average molecular weight is 370 g/mol. The van der Waals surface area contributed by atoms with Crippen LogP contribution in [0, 0.1) is 0 Å². The van der Waals surface area contributed by atoms with E-state index >= 15 is 0 Å². The summed E-state index contributed by atoms with van der Waals surface area (Å²) in [5.74, 6) is -10.7. The maximum atomic E-state index is 13.8. The number of allylic oxidation sites excluding steroid dienone is 5. The molecule has 2 rings (SSSR count). The number of hydrogen-bond acceptors (Lipinski definition) is 2. The highest BCUT2D eigenvalue weighted by atomic mass is 19.3. The molecule has 1 aliphatic carbocycles. The summed E-state index contributed by atoms with van der Waals surface area (Å²) in [7, 11) is 0. The molecule has 0 heterocycles. The second-order valence-corrected chi connectivity index (χ2v) is 5.36. The molecule has 1 atom stereocenters. The largest absolute Gasteiger partial charge is 0.478 e. The molecule has 3 nitrogen and oxygen atoms in total. The van der Waals surface area contributed by atoms with E-state index in [-0.39, 0.29) is 11.6 Å². The minimum atomic E-state index is -4.32. The molecule has 26 heavy (non-hydrogen) atoms. The Morgan fingerprint density at radius 3 is 2.27 bits per heavy atom. The van der Waals surface area contributed by atoms with E-state index in [0.29, 0.717) is 5.56 Å². The average Bonchev–Trinajstić information content (AvgIpc) is 2.60. The van der Waals surface area contributed by atoms with E-state index in [4.69, 9.17) is 5.11 Å². The van der Waals surface area contributed by atoms with Gasteiger partial charge in [0.2, 0.25) is 6.17 Å². The predicted molar refractivity (Wildman–Crippen MR) is 83.8 cm³/mol. The van der Waals surface area contributed by atoms with Crippen LogP contribution in [0.3, 0.4) is 0 Å². The van der Waals surface area contributed by atoms with Crippen molar-refractivity contribution in [2.45, 2.75) is 12.1 Å². The lowest BCUT2D eigenvalue weighted by molar-refractivity contribution is -0.131. The maximum Gasteiger partial charge on any atom is 0.328 e. The predicted octanol–water partition coefficient (Wildman–Crippen LogP) is 4.59. The van der Waals surface area contributed by atoms with Crippen molar-refractivity contribution in [3.63, 3.8) is 0 Å². The molecule has 136 valence electrons. The first kappa shape index (κ1) is 19.3. The Morgan fingerprint density at radius 2 is 1.73 bits per heavy atom. The summed E-state index contributed by atoms with van der Waals surface area (Å²) in [6.45, 7) is 3.21. The smallest absolute Gasteiger partial charge is 0.328 e.